The predicted molar refractivity (Wildman–Crippen MR) is 78.9 cm³/mol. The summed E-state index contributed by atoms with van der Waals surface area (Å²) in [6, 6.07) is 9.85. The first-order valence-corrected chi connectivity index (χ1v) is 6.54. The van der Waals surface area contributed by atoms with Crippen molar-refractivity contribution in [2.24, 2.45) is 0 Å². The maximum Gasteiger partial charge on any atom is 0.210 e. The standard InChI is InChI=1S/C14H20N2OS/c1-3-13(9-16-11(2)18)14(15)17-10-12-7-5-4-6-8-12/h4-9,11,15-16,18H,3,10H2,1-2H3/b13-9-,15-14?. The van der Waals surface area contributed by atoms with Gasteiger partial charge in [-0.15, -0.1) is 0 Å². The normalized spacial score (nSPS) is 12.9. The number of ether oxygens (including phenoxy) is 1. The number of benzene rings is 1. The molecule has 3 nitrogen and oxygen atoms in total. The minimum Gasteiger partial charge on any atom is -0.473 e. The average Bonchev–Trinajstić information content (AvgIpc) is 2.38. The zero-order chi connectivity index (χ0) is 13.4. The third kappa shape index (κ3) is 5.27. The highest BCUT2D eigenvalue weighted by molar-refractivity contribution is 7.80. The Kier molecular flexibility index (Phi) is 6.36. The van der Waals surface area contributed by atoms with Gasteiger partial charge in [0, 0.05) is 11.8 Å². The summed E-state index contributed by atoms with van der Waals surface area (Å²) in [6.07, 6.45) is 2.55. The number of nitrogens with one attached hydrogen (secondary N) is 2. The number of hydrogen-bond donors (Lipinski definition) is 3. The average molecular weight is 264 g/mol. The topological polar surface area (TPSA) is 45.1 Å². The molecule has 0 bridgehead atoms. The highest BCUT2D eigenvalue weighted by atomic mass is 32.1. The molecule has 0 saturated heterocycles. The van der Waals surface area contributed by atoms with E-state index in [-0.39, 0.29) is 11.3 Å². The Bertz CT molecular complexity index is 402. The summed E-state index contributed by atoms with van der Waals surface area (Å²) in [5.74, 6) is 0.211. The van der Waals surface area contributed by atoms with Crippen LogP contribution < -0.4 is 5.32 Å². The molecular weight excluding hydrogens is 244 g/mol. The molecule has 4 heteroatoms. The molecule has 0 fully saturated rings. The molecule has 0 saturated carbocycles. The van der Waals surface area contributed by atoms with Crippen LogP contribution in [0.2, 0.25) is 0 Å². The Morgan fingerprint density at radius 2 is 2.11 bits per heavy atom. The highest BCUT2D eigenvalue weighted by Crippen LogP contribution is 2.07. The van der Waals surface area contributed by atoms with Crippen LogP contribution in [0.15, 0.2) is 42.1 Å². The molecule has 2 N–H and O–H groups in total. The van der Waals surface area contributed by atoms with Gasteiger partial charge in [0.05, 0.1) is 5.37 Å². The second kappa shape index (κ2) is 7.82. The molecule has 1 unspecified atom stereocenters. The summed E-state index contributed by atoms with van der Waals surface area (Å²) in [5.41, 5.74) is 1.90. The smallest absolute Gasteiger partial charge is 0.210 e. The van der Waals surface area contributed by atoms with Crippen LogP contribution in [-0.4, -0.2) is 11.3 Å². The Morgan fingerprint density at radius 3 is 2.67 bits per heavy atom. The van der Waals surface area contributed by atoms with Crippen LogP contribution in [0.3, 0.4) is 0 Å². The van der Waals surface area contributed by atoms with E-state index in [1.165, 1.54) is 0 Å². The molecule has 1 atom stereocenters. The molecule has 0 amide bonds. The second-order valence-corrected chi connectivity index (χ2v) is 4.74. The van der Waals surface area contributed by atoms with Gasteiger partial charge in [-0.2, -0.15) is 12.6 Å². The third-order valence-corrected chi connectivity index (χ3v) is 2.55. The van der Waals surface area contributed by atoms with Crippen molar-refractivity contribution in [3.63, 3.8) is 0 Å². The summed E-state index contributed by atoms with van der Waals surface area (Å²) in [4.78, 5) is 0. The van der Waals surface area contributed by atoms with Crippen LogP contribution in [0.4, 0.5) is 0 Å². The molecular formula is C14H20N2OS. The van der Waals surface area contributed by atoms with Crippen molar-refractivity contribution in [1.29, 1.82) is 5.41 Å². The molecule has 1 aromatic carbocycles. The summed E-state index contributed by atoms with van der Waals surface area (Å²) in [7, 11) is 0. The van der Waals surface area contributed by atoms with Crippen molar-refractivity contribution < 1.29 is 4.74 Å². The van der Waals surface area contributed by atoms with Gasteiger partial charge in [0.2, 0.25) is 5.90 Å². The lowest BCUT2D eigenvalue weighted by molar-refractivity contribution is 0.289. The largest absolute Gasteiger partial charge is 0.473 e. The van der Waals surface area contributed by atoms with Gasteiger partial charge < -0.3 is 10.1 Å². The van der Waals surface area contributed by atoms with E-state index in [0.717, 1.165) is 17.6 Å². The zero-order valence-corrected chi connectivity index (χ0v) is 11.7. The maximum absolute atomic E-state index is 7.88. The molecule has 0 aliphatic carbocycles. The minimum atomic E-state index is 0.0634. The highest BCUT2D eigenvalue weighted by Gasteiger charge is 2.05. The van der Waals surface area contributed by atoms with Crippen LogP contribution in [-0.2, 0) is 11.3 Å². The Balaban J connectivity index is 2.50. The predicted octanol–water partition coefficient (Wildman–Crippen LogP) is 3.34. The van der Waals surface area contributed by atoms with Crippen LogP contribution in [0.5, 0.6) is 0 Å². The minimum absolute atomic E-state index is 0.0634. The molecule has 0 aliphatic heterocycles. The van der Waals surface area contributed by atoms with Crippen LogP contribution >= 0.6 is 12.6 Å². The lowest BCUT2D eigenvalue weighted by Crippen LogP contribution is -2.16. The van der Waals surface area contributed by atoms with Gasteiger partial charge in [-0.3, -0.25) is 5.41 Å². The zero-order valence-electron chi connectivity index (χ0n) is 10.8. The van der Waals surface area contributed by atoms with E-state index in [0.29, 0.717) is 6.61 Å². The van der Waals surface area contributed by atoms with E-state index in [4.69, 9.17) is 10.1 Å². The van der Waals surface area contributed by atoms with Gasteiger partial charge >= 0.3 is 0 Å². The van der Waals surface area contributed by atoms with Crippen molar-refractivity contribution in [3.05, 3.63) is 47.7 Å². The fourth-order valence-electron chi connectivity index (χ4n) is 1.37. The number of thiol groups is 1. The summed E-state index contributed by atoms with van der Waals surface area (Å²) in [5, 5.41) is 11.0. The Hall–Kier alpha value is -1.42. The first-order chi connectivity index (χ1) is 8.63. The van der Waals surface area contributed by atoms with Crippen LogP contribution in [0.1, 0.15) is 25.8 Å². The number of hydrogen-bond acceptors (Lipinski definition) is 4. The van der Waals surface area contributed by atoms with Gasteiger partial charge in [0.15, 0.2) is 0 Å². The van der Waals surface area contributed by atoms with Gasteiger partial charge in [0.1, 0.15) is 6.61 Å². The van der Waals surface area contributed by atoms with Crippen molar-refractivity contribution in [3.8, 4) is 0 Å². The molecule has 0 spiro atoms. The van der Waals surface area contributed by atoms with Gasteiger partial charge in [0.25, 0.3) is 0 Å². The molecule has 98 valence electrons. The van der Waals surface area contributed by atoms with E-state index >= 15 is 0 Å². The summed E-state index contributed by atoms with van der Waals surface area (Å²) in [6.45, 7) is 4.35. The summed E-state index contributed by atoms with van der Waals surface area (Å²) < 4.78 is 5.46. The van der Waals surface area contributed by atoms with Crippen molar-refractivity contribution in [1.82, 2.24) is 5.32 Å². The molecule has 1 aromatic rings. The Morgan fingerprint density at radius 1 is 1.44 bits per heavy atom. The SMILES string of the molecule is CC/C(=C/NC(C)S)C(=N)OCc1ccccc1. The fourth-order valence-corrected chi connectivity index (χ4v) is 1.45. The van der Waals surface area contributed by atoms with Crippen molar-refractivity contribution in [2.45, 2.75) is 32.2 Å². The summed E-state index contributed by atoms with van der Waals surface area (Å²) >= 11 is 4.22. The molecule has 18 heavy (non-hydrogen) atoms. The van der Waals surface area contributed by atoms with Crippen molar-refractivity contribution in [2.75, 3.05) is 0 Å². The van der Waals surface area contributed by atoms with Crippen LogP contribution in [0.25, 0.3) is 0 Å². The van der Waals surface area contributed by atoms with E-state index in [1.807, 2.05) is 44.2 Å². The third-order valence-electron chi connectivity index (χ3n) is 2.40. The molecule has 0 aliphatic rings. The van der Waals surface area contributed by atoms with E-state index in [9.17, 15) is 0 Å². The fraction of sp³-hybridized carbons (Fsp3) is 0.357. The van der Waals surface area contributed by atoms with Gasteiger partial charge in [-0.1, -0.05) is 37.3 Å². The molecule has 1 rings (SSSR count). The first kappa shape index (κ1) is 14.6. The van der Waals surface area contributed by atoms with E-state index < -0.39 is 0 Å². The van der Waals surface area contributed by atoms with Crippen LogP contribution in [0, 0.1) is 5.41 Å². The van der Waals surface area contributed by atoms with Gasteiger partial charge in [-0.25, -0.2) is 0 Å². The van der Waals surface area contributed by atoms with Gasteiger partial charge in [-0.05, 0) is 18.9 Å². The maximum atomic E-state index is 7.88. The lowest BCUT2D eigenvalue weighted by Gasteiger charge is -2.11. The Labute approximate surface area is 114 Å². The molecule has 0 heterocycles. The van der Waals surface area contributed by atoms with E-state index in [2.05, 4.69) is 17.9 Å². The first-order valence-electron chi connectivity index (χ1n) is 6.02. The second-order valence-electron chi connectivity index (χ2n) is 3.97. The molecule has 0 aromatic heterocycles. The lowest BCUT2D eigenvalue weighted by atomic mass is 10.2. The van der Waals surface area contributed by atoms with Crippen molar-refractivity contribution >= 4 is 18.5 Å². The van der Waals surface area contributed by atoms with E-state index in [1.54, 1.807) is 6.20 Å². The quantitative estimate of drug-likeness (QED) is 0.319. The number of rotatable bonds is 6. The molecule has 0 radical (unpaired) electrons. The monoisotopic (exact) mass is 264 g/mol.